The molecule has 10 heteroatoms. The number of nitrogens with one attached hydrogen (secondary N) is 1. The number of carbonyl (C=O) groups excluding carboxylic acids is 2. The average Bonchev–Trinajstić information content (AvgIpc) is 2.99. The molecular weight excluding hydrogens is 557 g/mol. The molecule has 1 N–H and O–H groups in total. The van der Waals surface area contributed by atoms with Crippen LogP contribution in [0.25, 0.3) is 0 Å². The Kier molecular flexibility index (Phi) is 10.2. The summed E-state index contributed by atoms with van der Waals surface area (Å²) in [5, 5.41) is 3.07. The van der Waals surface area contributed by atoms with Gasteiger partial charge in [-0.2, -0.15) is 0 Å². The molecule has 0 radical (unpaired) electrons. The van der Waals surface area contributed by atoms with Crippen molar-refractivity contribution in [1.29, 1.82) is 0 Å². The van der Waals surface area contributed by atoms with E-state index < -0.39 is 34.3 Å². The number of amides is 2. The lowest BCUT2D eigenvalue weighted by Gasteiger charge is -2.33. The molecule has 224 valence electrons. The summed E-state index contributed by atoms with van der Waals surface area (Å²) in [5.74, 6) is -1.11. The lowest BCUT2D eigenvalue weighted by atomic mass is 9.95. The Hall–Kier alpha value is -3.92. The summed E-state index contributed by atoms with van der Waals surface area (Å²) in [4.78, 5) is 28.7. The first-order valence-electron chi connectivity index (χ1n) is 14.2. The zero-order chi connectivity index (χ0) is 30.3. The first kappa shape index (κ1) is 31.0. The maximum atomic E-state index is 15.1. The summed E-state index contributed by atoms with van der Waals surface area (Å²) in [6.07, 6.45) is 4.94. The molecule has 4 rings (SSSR count). The fourth-order valence-electron chi connectivity index (χ4n) is 5.08. The lowest BCUT2D eigenvalue weighted by Crippen LogP contribution is -2.53. The summed E-state index contributed by atoms with van der Waals surface area (Å²) < 4.78 is 48.8. The third-order valence-corrected chi connectivity index (χ3v) is 9.41. The number of sulfonamides is 1. The molecule has 0 aliphatic heterocycles. The topological polar surface area (TPSA) is 96.0 Å². The van der Waals surface area contributed by atoms with Crippen LogP contribution in [0.1, 0.15) is 50.2 Å². The lowest BCUT2D eigenvalue weighted by molar-refractivity contribution is -0.139. The number of carbonyl (C=O) groups is 2. The second kappa shape index (κ2) is 13.8. The van der Waals surface area contributed by atoms with Crippen LogP contribution in [-0.4, -0.2) is 50.9 Å². The summed E-state index contributed by atoms with van der Waals surface area (Å²) in [6, 6.07) is 17.7. The largest absolute Gasteiger partial charge is 0.497 e. The Bertz CT molecular complexity index is 1470. The molecule has 0 spiro atoms. The second-order valence-corrected chi connectivity index (χ2v) is 12.5. The zero-order valence-electron chi connectivity index (χ0n) is 24.3. The third kappa shape index (κ3) is 7.47. The number of rotatable bonds is 11. The Labute approximate surface area is 247 Å². The molecule has 2 amide bonds. The molecule has 1 saturated carbocycles. The van der Waals surface area contributed by atoms with Crippen LogP contribution in [0.15, 0.2) is 77.7 Å². The minimum atomic E-state index is -4.34. The van der Waals surface area contributed by atoms with E-state index in [4.69, 9.17) is 4.74 Å². The molecule has 0 saturated heterocycles. The standard InChI is InChI=1S/C32H38FN3O5S/c1-23-13-19-28(20-14-23)42(39,40)36(30-12-8-7-11-29(30)33)22-31(37)35(21-25-15-17-27(41-3)18-16-25)24(2)32(38)34-26-9-5-4-6-10-26/h7-8,11-20,24,26H,4-6,9-10,21-22H2,1-3H3,(H,34,38)/t24-/m1/s1. The predicted molar refractivity (Wildman–Crippen MR) is 160 cm³/mol. The van der Waals surface area contributed by atoms with Gasteiger partial charge in [0, 0.05) is 12.6 Å². The first-order valence-corrected chi connectivity index (χ1v) is 15.6. The molecule has 0 aromatic heterocycles. The maximum Gasteiger partial charge on any atom is 0.264 e. The summed E-state index contributed by atoms with van der Waals surface area (Å²) >= 11 is 0. The fraction of sp³-hybridized carbons (Fsp3) is 0.375. The van der Waals surface area contributed by atoms with Crippen LogP contribution in [-0.2, 0) is 26.2 Å². The van der Waals surface area contributed by atoms with Gasteiger partial charge >= 0.3 is 0 Å². The van der Waals surface area contributed by atoms with Gasteiger partial charge in [0.1, 0.15) is 24.2 Å². The van der Waals surface area contributed by atoms with E-state index in [9.17, 15) is 18.0 Å². The maximum absolute atomic E-state index is 15.1. The number of nitrogens with zero attached hydrogens (tertiary/aromatic N) is 2. The summed E-state index contributed by atoms with van der Waals surface area (Å²) in [6.45, 7) is 2.79. The molecule has 0 unspecified atom stereocenters. The number of para-hydroxylation sites is 1. The molecule has 3 aromatic carbocycles. The van der Waals surface area contributed by atoms with Gasteiger partial charge in [-0.15, -0.1) is 0 Å². The van der Waals surface area contributed by atoms with Gasteiger partial charge in [-0.3, -0.25) is 13.9 Å². The number of ether oxygens (including phenoxy) is 1. The van der Waals surface area contributed by atoms with Gasteiger partial charge in [-0.1, -0.05) is 61.2 Å². The van der Waals surface area contributed by atoms with Crippen molar-refractivity contribution >= 4 is 27.5 Å². The highest BCUT2D eigenvalue weighted by Crippen LogP contribution is 2.27. The minimum Gasteiger partial charge on any atom is -0.497 e. The molecule has 42 heavy (non-hydrogen) atoms. The van der Waals surface area contributed by atoms with Crippen molar-refractivity contribution in [2.24, 2.45) is 0 Å². The van der Waals surface area contributed by atoms with Gasteiger partial charge in [-0.05, 0) is 68.7 Å². The van der Waals surface area contributed by atoms with Crippen molar-refractivity contribution in [1.82, 2.24) is 10.2 Å². The summed E-state index contributed by atoms with van der Waals surface area (Å²) in [7, 11) is -2.79. The van der Waals surface area contributed by atoms with Crippen molar-refractivity contribution < 1.29 is 27.1 Å². The number of benzene rings is 3. The second-order valence-electron chi connectivity index (χ2n) is 10.7. The normalized spacial score (nSPS) is 14.6. The highest BCUT2D eigenvalue weighted by atomic mass is 32.2. The van der Waals surface area contributed by atoms with E-state index in [2.05, 4.69) is 5.32 Å². The van der Waals surface area contributed by atoms with E-state index in [1.165, 1.54) is 35.2 Å². The quantitative estimate of drug-likeness (QED) is 0.329. The number of methoxy groups -OCH3 is 1. The molecular formula is C32H38FN3O5S. The van der Waals surface area contributed by atoms with Crippen LogP contribution in [0.2, 0.25) is 0 Å². The van der Waals surface area contributed by atoms with Gasteiger partial charge in [0.25, 0.3) is 10.0 Å². The van der Waals surface area contributed by atoms with Crippen molar-refractivity contribution in [3.05, 3.63) is 89.7 Å². The van der Waals surface area contributed by atoms with Crippen LogP contribution in [0.5, 0.6) is 5.75 Å². The SMILES string of the molecule is COc1ccc(CN(C(=O)CN(c2ccccc2F)S(=O)(=O)c2ccc(C)cc2)[C@H](C)C(=O)NC2CCCCC2)cc1. The number of halogens is 1. The average molecular weight is 596 g/mol. The van der Waals surface area contributed by atoms with E-state index in [1.54, 1.807) is 50.4 Å². The van der Waals surface area contributed by atoms with Gasteiger partial charge in [0.2, 0.25) is 11.8 Å². The van der Waals surface area contributed by atoms with Crippen molar-refractivity contribution in [2.75, 3.05) is 18.0 Å². The van der Waals surface area contributed by atoms with Crippen molar-refractivity contribution in [2.45, 2.75) is 69.5 Å². The monoisotopic (exact) mass is 595 g/mol. The van der Waals surface area contributed by atoms with Gasteiger partial charge in [0.15, 0.2) is 0 Å². The molecule has 1 aliphatic carbocycles. The van der Waals surface area contributed by atoms with E-state index >= 15 is 4.39 Å². The Morgan fingerprint density at radius 1 is 0.976 bits per heavy atom. The molecule has 0 bridgehead atoms. The number of hydrogen-bond donors (Lipinski definition) is 1. The number of anilines is 1. The minimum absolute atomic E-state index is 0.0310. The summed E-state index contributed by atoms with van der Waals surface area (Å²) in [5.41, 5.74) is 1.32. The van der Waals surface area contributed by atoms with Gasteiger partial charge in [-0.25, -0.2) is 12.8 Å². The van der Waals surface area contributed by atoms with Crippen LogP contribution >= 0.6 is 0 Å². The molecule has 1 aliphatic rings. The zero-order valence-corrected chi connectivity index (χ0v) is 25.1. The third-order valence-electron chi connectivity index (χ3n) is 7.64. The van der Waals surface area contributed by atoms with Crippen LogP contribution in [0.4, 0.5) is 10.1 Å². The number of aryl methyl sites for hydroxylation is 1. The Morgan fingerprint density at radius 3 is 2.24 bits per heavy atom. The fourth-order valence-corrected chi connectivity index (χ4v) is 6.51. The smallest absolute Gasteiger partial charge is 0.264 e. The first-order chi connectivity index (χ1) is 20.1. The highest BCUT2D eigenvalue weighted by Gasteiger charge is 2.34. The Morgan fingerprint density at radius 2 is 1.62 bits per heavy atom. The van der Waals surface area contributed by atoms with Crippen LogP contribution in [0.3, 0.4) is 0 Å². The van der Waals surface area contributed by atoms with Gasteiger partial charge < -0.3 is 15.0 Å². The molecule has 3 aromatic rings. The predicted octanol–water partition coefficient (Wildman–Crippen LogP) is 5.20. The van der Waals surface area contributed by atoms with E-state index in [1.807, 2.05) is 6.92 Å². The van der Waals surface area contributed by atoms with Crippen molar-refractivity contribution in [3.63, 3.8) is 0 Å². The van der Waals surface area contributed by atoms with E-state index in [-0.39, 0.29) is 29.1 Å². The molecule has 8 nitrogen and oxygen atoms in total. The van der Waals surface area contributed by atoms with E-state index in [0.717, 1.165) is 53.6 Å². The van der Waals surface area contributed by atoms with E-state index in [0.29, 0.717) is 5.75 Å². The molecule has 0 heterocycles. The highest BCUT2D eigenvalue weighted by molar-refractivity contribution is 7.92. The van der Waals surface area contributed by atoms with Crippen molar-refractivity contribution in [3.8, 4) is 5.75 Å². The van der Waals surface area contributed by atoms with Crippen LogP contribution in [0, 0.1) is 12.7 Å². The number of hydrogen-bond acceptors (Lipinski definition) is 5. The Balaban J connectivity index is 1.68. The van der Waals surface area contributed by atoms with Gasteiger partial charge in [0.05, 0.1) is 17.7 Å². The van der Waals surface area contributed by atoms with Crippen LogP contribution < -0.4 is 14.4 Å². The molecule has 1 atom stereocenters. The molecule has 1 fully saturated rings.